The summed E-state index contributed by atoms with van der Waals surface area (Å²) in [6.45, 7) is 8.64. The van der Waals surface area contributed by atoms with Gasteiger partial charge >= 0.3 is 0 Å². The average molecular weight is 437 g/mol. The number of aliphatic imine (C=N–C) groups is 1. The number of hydrogen-bond donors (Lipinski definition) is 1. The second-order valence-corrected chi connectivity index (χ2v) is 9.51. The van der Waals surface area contributed by atoms with Gasteiger partial charge in [-0.15, -0.1) is 0 Å². The van der Waals surface area contributed by atoms with Gasteiger partial charge in [-0.05, 0) is 17.6 Å². The molecule has 4 nitrogen and oxygen atoms in total. The zero-order valence-corrected chi connectivity index (χ0v) is 18.5. The molecule has 0 spiro atoms. The van der Waals surface area contributed by atoms with Crippen LogP contribution in [0.4, 0.5) is 4.39 Å². The SMILES string of the molecule is C=C(C=CC(C)CC)C1=NC2SC(C[N+](=O)C3CCC(F)=C(Cl)C3)=C(N)C2C=C1. The van der Waals surface area contributed by atoms with E-state index >= 15 is 0 Å². The number of nitroso groups, excluding NO2 is 1. The van der Waals surface area contributed by atoms with E-state index in [-0.39, 0.29) is 47.6 Å². The highest BCUT2D eigenvalue weighted by Crippen LogP contribution is 2.43. The summed E-state index contributed by atoms with van der Waals surface area (Å²) in [6.07, 6.45) is 10.2. The van der Waals surface area contributed by atoms with Crippen LogP contribution in [0.2, 0.25) is 0 Å². The fourth-order valence-corrected chi connectivity index (χ4v) is 5.08. The molecule has 0 aromatic rings. The first kappa shape index (κ1) is 22.0. The minimum atomic E-state index is -0.314. The molecule has 0 aromatic heterocycles. The van der Waals surface area contributed by atoms with Crippen molar-refractivity contribution in [3.05, 3.63) is 62.8 Å². The van der Waals surface area contributed by atoms with Gasteiger partial charge in [0, 0.05) is 28.2 Å². The number of thioether (sulfide) groups is 1. The molecule has 0 saturated carbocycles. The van der Waals surface area contributed by atoms with Crippen molar-refractivity contribution in [1.82, 2.24) is 0 Å². The molecule has 0 radical (unpaired) electrons. The summed E-state index contributed by atoms with van der Waals surface area (Å²) in [4.78, 5) is 18.3. The van der Waals surface area contributed by atoms with E-state index < -0.39 is 0 Å². The molecule has 2 N–H and O–H groups in total. The van der Waals surface area contributed by atoms with Crippen molar-refractivity contribution >= 4 is 29.1 Å². The smallest absolute Gasteiger partial charge is 0.224 e. The Morgan fingerprint density at radius 2 is 2.34 bits per heavy atom. The number of nitrogens with two attached hydrogens (primary N) is 1. The van der Waals surface area contributed by atoms with Crippen molar-refractivity contribution < 1.29 is 9.15 Å². The van der Waals surface area contributed by atoms with Crippen molar-refractivity contribution in [3.63, 3.8) is 0 Å². The van der Waals surface area contributed by atoms with Gasteiger partial charge < -0.3 is 5.73 Å². The van der Waals surface area contributed by atoms with Crippen LogP contribution in [-0.4, -0.2) is 28.4 Å². The average Bonchev–Trinajstić information content (AvgIpc) is 3.02. The molecule has 156 valence electrons. The Labute approximate surface area is 181 Å². The first-order chi connectivity index (χ1) is 13.8. The molecule has 0 fully saturated rings. The summed E-state index contributed by atoms with van der Waals surface area (Å²) in [6, 6.07) is -0.314. The number of fused-ring (bicyclic) bond motifs is 1. The summed E-state index contributed by atoms with van der Waals surface area (Å²) in [5.41, 5.74) is 8.77. The maximum absolute atomic E-state index is 13.5. The van der Waals surface area contributed by atoms with Gasteiger partial charge in [0.2, 0.25) is 12.6 Å². The van der Waals surface area contributed by atoms with Gasteiger partial charge in [-0.3, -0.25) is 4.99 Å². The van der Waals surface area contributed by atoms with E-state index in [1.807, 2.05) is 12.2 Å². The van der Waals surface area contributed by atoms with Gasteiger partial charge in [-0.25, -0.2) is 4.39 Å². The van der Waals surface area contributed by atoms with Gasteiger partial charge in [-0.1, -0.05) is 68.4 Å². The van der Waals surface area contributed by atoms with Crippen LogP contribution in [-0.2, 0) is 0 Å². The number of allylic oxidation sites excluding steroid dienone is 5. The van der Waals surface area contributed by atoms with E-state index in [1.54, 1.807) is 0 Å². The molecule has 2 aliphatic heterocycles. The number of halogens is 2. The van der Waals surface area contributed by atoms with Crippen LogP contribution in [0, 0.1) is 16.7 Å². The predicted molar refractivity (Wildman–Crippen MR) is 121 cm³/mol. The Morgan fingerprint density at radius 1 is 1.59 bits per heavy atom. The fourth-order valence-electron chi connectivity index (χ4n) is 3.49. The second-order valence-electron chi connectivity index (χ2n) is 7.84. The Balaban J connectivity index is 1.64. The lowest BCUT2D eigenvalue weighted by Gasteiger charge is -2.19. The van der Waals surface area contributed by atoms with Crippen LogP contribution in [0.1, 0.15) is 39.5 Å². The first-order valence-corrected chi connectivity index (χ1v) is 11.3. The van der Waals surface area contributed by atoms with Crippen LogP contribution in [0.5, 0.6) is 0 Å². The van der Waals surface area contributed by atoms with E-state index in [4.69, 9.17) is 22.3 Å². The highest BCUT2D eigenvalue weighted by atomic mass is 35.5. The molecule has 3 rings (SSSR count). The summed E-state index contributed by atoms with van der Waals surface area (Å²) < 4.78 is 14.5. The molecule has 29 heavy (non-hydrogen) atoms. The molecule has 0 bridgehead atoms. The number of nitrogens with zero attached hydrogens (tertiary/aromatic N) is 2. The largest absolute Gasteiger partial charge is 0.401 e. The van der Waals surface area contributed by atoms with Crippen LogP contribution < -0.4 is 5.73 Å². The molecule has 1 aliphatic carbocycles. The quantitative estimate of drug-likeness (QED) is 0.407. The summed E-state index contributed by atoms with van der Waals surface area (Å²) in [5.74, 6) is 0.189. The van der Waals surface area contributed by atoms with E-state index in [0.717, 1.165) is 27.4 Å². The summed E-state index contributed by atoms with van der Waals surface area (Å²) in [7, 11) is 0. The maximum Gasteiger partial charge on any atom is 0.224 e. The Bertz CT molecular complexity index is 858. The van der Waals surface area contributed by atoms with E-state index in [0.29, 0.717) is 18.0 Å². The standard InChI is InChI=1S/C22H28ClFN3OS/c1-4-13(2)5-6-14(3)19-10-8-16-21(25)20(29-22(16)26-19)12-27(28)15-7-9-18(24)17(23)11-15/h5-6,8,10,13,15-16,22H,3-4,7,9,11-12,25H2,1-2H3/q+1. The third kappa shape index (κ3) is 5.10. The minimum Gasteiger partial charge on any atom is -0.401 e. The molecule has 7 heteroatoms. The van der Waals surface area contributed by atoms with Gasteiger partial charge in [0.15, 0.2) is 0 Å². The Morgan fingerprint density at radius 3 is 3.03 bits per heavy atom. The number of rotatable bonds is 7. The zero-order chi connectivity index (χ0) is 21.1. The van der Waals surface area contributed by atoms with Crippen molar-refractivity contribution in [3.8, 4) is 0 Å². The topological polar surface area (TPSA) is 58.5 Å². The first-order valence-electron chi connectivity index (χ1n) is 10.1. The minimum absolute atomic E-state index is 0.00854. The highest BCUT2D eigenvalue weighted by Gasteiger charge is 2.39. The van der Waals surface area contributed by atoms with Crippen molar-refractivity contribution in [2.45, 2.75) is 50.9 Å². The van der Waals surface area contributed by atoms with Gasteiger partial charge in [0.25, 0.3) is 0 Å². The molecule has 2 heterocycles. The Hall–Kier alpha value is -1.66. The molecule has 4 unspecified atom stereocenters. The number of hydrogen-bond acceptors (Lipinski definition) is 4. The predicted octanol–water partition coefficient (Wildman–Crippen LogP) is 5.77. The Kier molecular flexibility index (Phi) is 7.17. The van der Waals surface area contributed by atoms with Gasteiger partial charge in [0.1, 0.15) is 11.2 Å². The molecule has 0 aromatic carbocycles. The van der Waals surface area contributed by atoms with Crippen LogP contribution in [0.25, 0.3) is 0 Å². The van der Waals surface area contributed by atoms with E-state index in [9.17, 15) is 9.30 Å². The molecule has 0 saturated heterocycles. The van der Waals surface area contributed by atoms with Crippen molar-refractivity contribution in [2.24, 2.45) is 22.6 Å². The second kappa shape index (κ2) is 9.43. The lowest BCUT2D eigenvalue weighted by atomic mass is 9.98. The summed E-state index contributed by atoms with van der Waals surface area (Å²) in [5, 5.41) is 0.0948. The maximum atomic E-state index is 13.5. The highest BCUT2D eigenvalue weighted by molar-refractivity contribution is 8.04. The van der Waals surface area contributed by atoms with Gasteiger partial charge in [0.05, 0.1) is 28.0 Å². The fraction of sp³-hybridized carbons (Fsp3) is 0.500. The monoisotopic (exact) mass is 436 g/mol. The third-order valence-electron chi connectivity index (χ3n) is 5.69. The van der Waals surface area contributed by atoms with Gasteiger partial charge in [-0.2, -0.15) is 0 Å². The normalized spacial score (nSPS) is 28.0. The molecule has 3 aliphatic rings. The van der Waals surface area contributed by atoms with Crippen LogP contribution in [0.15, 0.2) is 62.9 Å². The van der Waals surface area contributed by atoms with E-state index in [1.165, 1.54) is 11.8 Å². The van der Waals surface area contributed by atoms with Crippen LogP contribution in [0.3, 0.4) is 0 Å². The van der Waals surface area contributed by atoms with Crippen molar-refractivity contribution in [1.29, 1.82) is 0 Å². The lowest BCUT2D eigenvalue weighted by molar-refractivity contribution is -0.578. The van der Waals surface area contributed by atoms with Crippen molar-refractivity contribution in [2.75, 3.05) is 6.54 Å². The van der Waals surface area contributed by atoms with E-state index in [2.05, 4.69) is 32.6 Å². The van der Waals surface area contributed by atoms with Crippen LogP contribution >= 0.6 is 23.4 Å². The molecular weight excluding hydrogens is 409 g/mol. The third-order valence-corrected chi connectivity index (χ3v) is 7.34. The zero-order valence-electron chi connectivity index (χ0n) is 16.9. The molecule has 0 amide bonds. The lowest BCUT2D eigenvalue weighted by Crippen LogP contribution is -2.28. The molecular formula is C22H28ClFN3OS+. The molecule has 4 atom stereocenters. The summed E-state index contributed by atoms with van der Waals surface area (Å²) >= 11 is 7.44. The number of dihydropyridines is 1.